The molecule has 1 N–H and O–H groups in total. The molecule has 0 spiro atoms. The molecule has 2 fully saturated rings. The Kier molecular flexibility index (Phi) is 6.96. The van der Waals surface area contributed by atoms with E-state index in [0.29, 0.717) is 44.1 Å². The van der Waals surface area contributed by atoms with Crippen LogP contribution in [0.5, 0.6) is 0 Å². The first-order valence-electron chi connectivity index (χ1n) is 12.6. The van der Waals surface area contributed by atoms with Gasteiger partial charge in [-0.2, -0.15) is 9.57 Å². The van der Waals surface area contributed by atoms with E-state index in [9.17, 15) is 13.2 Å². The summed E-state index contributed by atoms with van der Waals surface area (Å²) in [5, 5.41) is 14.2. The van der Waals surface area contributed by atoms with E-state index in [0.717, 1.165) is 12.1 Å². The Morgan fingerprint density at radius 3 is 2.58 bits per heavy atom. The Morgan fingerprint density at radius 1 is 1.18 bits per heavy atom. The van der Waals surface area contributed by atoms with E-state index >= 15 is 8.78 Å². The van der Waals surface area contributed by atoms with Crippen LogP contribution in [-0.2, 0) is 22.0 Å². The molecule has 0 unspecified atom stereocenters. The largest absolute Gasteiger partial charge is 0.434 e. The van der Waals surface area contributed by atoms with Crippen LogP contribution in [0.3, 0.4) is 0 Å². The fourth-order valence-electron chi connectivity index (χ4n) is 5.94. The number of aromatic amines is 1. The second kappa shape index (κ2) is 10.1. The zero-order valence-electron chi connectivity index (χ0n) is 20.9. The summed E-state index contributed by atoms with van der Waals surface area (Å²) in [4.78, 5) is 11.7. The average Bonchev–Trinajstić information content (AvgIpc) is 3.30. The summed E-state index contributed by atoms with van der Waals surface area (Å²) in [7, 11) is -3.83. The minimum atomic E-state index is -3.83. The minimum absolute atomic E-state index is 0.00100. The molecule has 1 saturated heterocycles. The predicted molar refractivity (Wildman–Crippen MR) is 134 cm³/mol. The molecule has 3 aromatic rings. The summed E-state index contributed by atoms with van der Waals surface area (Å²) < 4.78 is 64.7. The van der Waals surface area contributed by atoms with Crippen LogP contribution in [0.1, 0.15) is 73.3 Å². The van der Waals surface area contributed by atoms with Gasteiger partial charge in [0.1, 0.15) is 16.9 Å². The topological polar surface area (TPSA) is 120 Å². The number of nitrogens with one attached hydrogen (secondary N) is 1. The molecule has 11 heteroatoms. The van der Waals surface area contributed by atoms with Gasteiger partial charge in [-0.05, 0) is 62.6 Å². The Hall–Kier alpha value is -3.36. The fourth-order valence-corrected chi connectivity index (χ4v) is 8.13. The maximum Gasteiger partial charge on any atom is 0.434 e. The van der Waals surface area contributed by atoms with Crippen molar-refractivity contribution in [3.05, 3.63) is 87.2 Å². The third-order valence-electron chi connectivity index (χ3n) is 7.96. The highest BCUT2D eigenvalue weighted by molar-refractivity contribution is 7.89. The normalized spacial score (nSPS) is 26.9. The molecule has 0 radical (unpaired) electrons. The second-order valence-corrected chi connectivity index (χ2v) is 12.4. The highest BCUT2D eigenvalue weighted by atomic mass is 32.2. The van der Waals surface area contributed by atoms with Crippen molar-refractivity contribution in [2.45, 2.75) is 68.7 Å². The van der Waals surface area contributed by atoms with Gasteiger partial charge in [0.25, 0.3) is 0 Å². The molecule has 1 saturated carbocycles. The molecular formula is C27H28F2N4O4S. The van der Waals surface area contributed by atoms with Gasteiger partial charge in [-0.15, -0.1) is 5.10 Å². The van der Waals surface area contributed by atoms with Crippen molar-refractivity contribution in [1.29, 1.82) is 5.26 Å². The van der Waals surface area contributed by atoms with Crippen LogP contribution in [0.2, 0.25) is 0 Å². The minimum Gasteiger partial charge on any atom is -0.392 e. The van der Waals surface area contributed by atoms with E-state index in [-0.39, 0.29) is 35.5 Å². The lowest BCUT2D eigenvalue weighted by Gasteiger charge is -2.45. The Labute approximate surface area is 219 Å². The molecule has 1 aromatic heterocycles. The van der Waals surface area contributed by atoms with Gasteiger partial charge in [0.2, 0.25) is 15.9 Å². The first-order valence-corrected chi connectivity index (χ1v) is 14.1. The Bertz CT molecular complexity index is 1520. The molecule has 0 amide bonds. The first-order chi connectivity index (χ1) is 18.2. The van der Waals surface area contributed by atoms with Gasteiger partial charge in [0, 0.05) is 30.1 Å². The van der Waals surface area contributed by atoms with E-state index in [1.165, 1.54) is 4.31 Å². The Morgan fingerprint density at radius 2 is 1.92 bits per heavy atom. The number of halogens is 2. The number of hydrogen-bond acceptors (Lipinski definition) is 6. The molecule has 2 heterocycles. The lowest BCUT2D eigenvalue weighted by molar-refractivity contribution is 0.134. The van der Waals surface area contributed by atoms with Crippen molar-refractivity contribution in [3.8, 4) is 6.07 Å². The lowest BCUT2D eigenvalue weighted by Crippen LogP contribution is -2.45. The van der Waals surface area contributed by atoms with Crippen molar-refractivity contribution in [2.24, 2.45) is 5.92 Å². The van der Waals surface area contributed by atoms with Crippen LogP contribution >= 0.6 is 0 Å². The number of aromatic nitrogens is 2. The average molecular weight is 543 g/mol. The van der Waals surface area contributed by atoms with Gasteiger partial charge >= 0.3 is 5.76 Å². The summed E-state index contributed by atoms with van der Waals surface area (Å²) in [6.07, 6.45) is 2.63. The maximum atomic E-state index is 15.7. The van der Waals surface area contributed by atoms with Crippen molar-refractivity contribution in [2.75, 3.05) is 0 Å². The smallest absolute Gasteiger partial charge is 0.392 e. The van der Waals surface area contributed by atoms with E-state index in [4.69, 9.17) is 9.68 Å². The number of H-pyrrole nitrogens is 1. The van der Waals surface area contributed by atoms with Crippen LogP contribution in [0.15, 0.2) is 51.7 Å². The van der Waals surface area contributed by atoms with Crippen LogP contribution in [0.25, 0.3) is 0 Å². The molecule has 5 rings (SSSR count). The van der Waals surface area contributed by atoms with E-state index < -0.39 is 38.1 Å². The molecular weight excluding hydrogens is 514 g/mol. The first kappa shape index (κ1) is 26.3. The molecule has 8 nitrogen and oxygen atoms in total. The summed E-state index contributed by atoms with van der Waals surface area (Å²) in [6.45, 7) is 1.47. The van der Waals surface area contributed by atoms with Gasteiger partial charge in [-0.3, -0.25) is 0 Å². The quantitative estimate of drug-likeness (QED) is 0.462. The van der Waals surface area contributed by atoms with Gasteiger partial charge in [0.05, 0.1) is 11.5 Å². The molecule has 2 aliphatic rings. The van der Waals surface area contributed by atoms with Crippen molar-refractivity contribution >= 4 is 10.0 Å². The molecule has 38 heavy (non-hydrogen) atoms. The van der Waals surface area contributed by atoms with Gasteiger partial charge in [-0.1, -0.05) is 30.3 Å². The molecule has 2 aromatic carbocycles. The standard InChI is InChI=1S/C27H28F2N4O4S/c1-17-9-10-24(19-7-3-2-4-8-19)38(35,36)33(17)16-20-12-23(29)21(13-22(20)28)27(25-31-32-26(34)37-25)14-18(15-27)6-5-11-30/h2-4,7-8,12-13,17-18,24H,5-6,9-10,14-16H2,1H3,(H,32,34)/t17-,18-,24+,27+/m0/s1. The van der Waals surface area contributed by atoms with Crippen molar-refractivity contribution in [1.82, 2.24) is 14.5 Å². The van der Waals surface area contributed by atoms with Crippen LogP contribution in [0.4, 0.5) is 8.78 Å². The third kappa shape index (κ3) is 4.56. The summed E-state index contributed by atoms with van der Waals surface area (Å²) >= 11 is 0. The number of hydrogen-bond donors (Lipinski definition) is 1. The van der Waals surface area contributed by atoms with Crippen LogP contribution in [0, 0.1) is 28.9 Å². The zero-order chi connectivity index (χ0) is 27.1. The highest BCUT2D eigenvalue weighted by Gasteiger charge is 2.52. The van der Waals surface area contributed by atoms with Crippen molar-refractivity contribution < 1.29 is 21.6 Å². The maximum absolute atomic E-state index is 15.7. The highest BCUT2D eigenvalue weighted by Crippen LogP contribution is 2.54. The number of rotatable bonds is 7. The molecule has 2 atom stereocenters. The SMILES string of the molecule is C[C@H]1CC[C@H](c2ccccc2)S(=O)(=O)N1Cc1cc(F)c([C@]2(c3n[nH]c(=O)o3)C[C@@H](CCC#N)C2)cc1F. The molecule has 1 aliphatic heterocycles. The number of benzene rings is 2. The van der Waals surface area contributed by atoms with E-state index in [2.05, 4.69) is 16.3 Å². The van der Waals surface area contributed by atoms with Crippen LogP contribution < -0.4 is 5.76 Å². The molecule has 1 aliphatic carbocycles. The summed E-state index contributed by atoms with van der Waals surface area (Å²) in [5.41, 5.74) is -0.552. The molecule has 200 valence electrons. The number of nitriles is 1. The zero-order valence-corrected chi connectivity index (χ0v) is 21.7. The van der Waals surface area contributed by atoms with Crippen LogP contribution in [-0.4, -0.2) is 29.0 Å². The monoisotopic (exact) mass is 542 g/mol. The second-order valence-electron chi connectivity index (χ2n) is 10.3. The Balaban J connectivity index is 1.46. The van der Waals surface area contributed by atoms with Gasteiger partial charge in [0.15, 0.2) is 0 Å². The number of nitrogens with zero attached hydrogens (tertiary/aromatic N) is 3. The fraction of sp³-hybridized carbons (Fsp3) is 0.444. The van der Waals surface area contributed by atoms with Gasteiger partial charge in [-0.25, -0.2) is 27.1 Å². The summed E-state index contributed by atoms with van der Waals surface area (Å²) in [5.74, 6) is -2.24. The molecule has 0 bridgehead atoms. The summed E-state index contributed by atoms with van der Waals surface area (Å²) in [6, 6.07) is 12.7. The van der Waals surface area contributed by atoms with E-state index in [1.807, 2.05) is 6.07 Å². The van der Waals surface area contributed by atoms with Gasteiger partial charge < -0.3 is 4.42 Å². The predicted octanol–water partition coefficient (Wildman–Crippen LogP) is 4.70. The van der Waals surface area contributed by atoms with E-state index in [1.54, 1.807) is 31.2 Å². The number of sulfonamides is 1. The lowest BCUT2D eigenvalue weighted by atomic mass is 9.57. The van der Waals surface area contributed by atoms with Crippen molar-refractivity contribution in [3.63, 3.8) is 0 Å². The third-order valence-corrected chi connectivity index (χ3v) is 10.3.